The number of rotatable bonds is 7. The molecule has 1 aliphatic rings. The van der Waals surface area contributed by atoms with Gasteiger partial charge in [-0.2, -0.15) is 0 Å². The molecule has 2 rings (SSSR count). The standard InChI is InChI=1S/C16H24F2N2O2/c1-22-11-14(21)10-20-6-4-13(5-7-20)19-9-12-2-3-15(17)16(18)8-12/h2-3,8,13-14,19,21H,4-7,9-11H2,1H3. The number of ether oxygens (including phenoxy) is 1. The molecule has 1 aromatic rings. The number of piperidine rings is 1. The number of hydrogen-bond donors (Lipinski definition) is 2. The molecule has 0 aromatic heterocycles. The highest BCUT2D eigenvalue weighted by atomic mass is 19.2. The predicted octanol–water partition coefficient (Wildman–Crippen LogP) is 1.53. The lowest BCUT2D eigenvalue weighted by Crippen LogP contribution is -2.45. The topological polar surface area (TPSA) is 44.7 Å². The molecule has 0 amide bonds. The lowest BCUT2D eigenvalue weighted by molar-refractivity contribution is 0.0310. The second-order valence-electron chi connectivity index (χ2n) is 5.81. The summed E-state index contributed by atoms with van der Waals surface area (Å²) in [6.45, 7) is 3.35. The largest absolute Gasteiger partial charge is 0.389 e. The second-order valence-corrected chi connectivity index (χ2v) is 5.81. The number of aliphatic hydroxyl groups is 1. The van der Waals surface area contributed by atoms with Crippen molar-refractivity contribution in [3.63, 3.8) is 0 Å². The van der Waals surface area contributed by atoms with Crippen LogP contribution in [0, 0.1) is 11.6 Å². The molecule has 0 saturated carbocycles. The molecule has 0 aliphatic carbocycles. The van der Waals surface area contributed by atoms with Gasteiger partial charge in [-0.1, -0.05) is 6.07 Å². The van der Waals surface area contributed by atoms with Gasteiger partial charge in [-0.25, -0.2) is 8.78 Å². The Morgan fingerprint density at radius 3 is 2.68 bits per heavy atom. The van der Waals surface area contributed by atoms with Crippen molar-refractivity contribution in [2.45, 2.75) is 31.5 Å². The third-order valence-electron chi connectivity index (χ3n) is 3.99. The summed E-state index contributed by atoms with van der Waals surface area (Å²) in [5.74, 6) is -1.62. The van der Waals surface area contributed by atoms with Crippen molar-refractivity contribution < 1.29 is 18.6 Å². The van der Waals surface area contributed by atoms with Gasteiger partial charge in [0.15, 0.2) is 11.6 Å². The molecule has 2 N–H and O–H groups in total. The number of likely N-dealkylation sites (tertiary alicyclic amines) is 1. The quantitative estimate of drug-likeness (QED) is 0.801. The van der Waals surface area contributed by atoms with Crippen LogP contribution in [0.15, 0.2) is 18.2 Å². The van der Waals surface area contributed by atoms with Gasteiger partial charge >= 0.3 is 0 Å². The van der Waals surface area contributed by atoms with Gasteiger partial charge in [-0.05, 0) is 43.6 Å². The number of hydrogen-bond acceptors (Lipinski definition) is 4. The van der Waals surface area contributed by atoms with Crippen LogP contribution in [0.4, 0.5) is 8.78 Å². The summed E-state index contributed by atoms with van der Waals surface area (Å²) >= 11 is 0. The Hall–Kier alpha value is -1.08. The molecular weight excluding hydrogens is 290 g/mol. The molecule has 1 aromatic carbocycles. The van der Waals surface area contributed by atoms with Crippen LogP contribution in [-0.2, 0) is 11.3 Å². The maximum absolute atomic E-state index is 13.1. The average molecular weight is 314 g/mol. The zero-order valence-electron chi connectivity index (χ0n) is 12.9. The molecule has 1 saturated heterocycles. The van der Waals surface area contributed by atoms with Gasteiger partial charge in [0.05, 0.1) is 12.7 Å². The van der Waals surface area contributed by atoms with Crippen LogP contribution < -0.4 is 5.32 Å². The van der Waals surface area contributed by atoms with Crippen molar-refractivity contribution >= 4 is 0 Å². The van der Waals surface area contributed by atoms with Crippen molar-refractivity contribution in [3.8, 4) is 0 Å². The summed E-state index contributed by atoms with van der Waals surface area (Å²) in [5, 5.41) is 13.1. The Balaban J connectivity index is 1.70. The van der Waals surface area contributed by atoms with E-state index < -0.39 is 17.7 Å². The molecular formula is C16H24F2N2O2. The molecule has 1 fully saturated rings. The molecule has 1 heterocycles. The summed E-state index contributed by atoms with van der Waals surface area (Å²) in [6.07, 6.45) is 1.50. The van der Waals surface area contributed by atoms with E-state index in [0.29, 0.717) is 25.7 Å². The first-order valence-electron chi connectivity index (χ1n) is 7.65. The molecule has 0 spiro atoms. The Morgan fingerprint density at radius 1 is 1.32 bits per heavy atom. The first-order valence-corrected chi connectivity index (χ1v) is 7.65. The van der Waals surface area contributed by atoms with Gasteiger partial charge in [0.2, 0.25) is 0 Å². The lowest BCUT2D eigenvalue weighted by atomic mass is 10.0. The first-order chi connectivity index (χ1) is 10.6. The minimum atomic E-state index is -0.813. The van der Waals surface area contributed by atoms with E-state index in [4.69, 9.17) is 4.74 Å². The molecule has 1 aliphatic heterocycles. The smallest absolute Gasteiger partial charge is 0.159 e. The molecule has 6 heteroatoms. The minimum Gasteiger partial charge on any atom is -0.389 e. The van der Waals surface area contributed by atoms with Crippen molar-refractivity contribution in [2.24, 2.45) is 0 Å². The van der Waals surface area contributed by atoms with Gasteiger partial charge in [0.25, 0.3) is 0 Å². The molecule has 0 radical (unpaired) electrons. The van der Waals surface area contributed by atoms with Crippen LogP contribution in [0.5, 0.6) is 0 Å². The fourth-order valence-corrected chi connectivity index (χ4v) is 2.77. The summed E-state index contributed by atoms with van der Waals surface area (Å²) < 4.78 is 30.9. The Kier molecular flexibility index (Phi) is 6.70. The maximum atomic E-state index is 13.1. The predicted molar refractivity (Wildman–Crippen MR) is 80.5 cm³/mol. The number of nitrogens with zero attached hydrogens (tertiary/aromatic N) is 1. The summed E-state index contributed by atoms with van der Waals surface area (Å²) in [4.78, 5) is 2.22. The average Bonchev–Trinajstić information content (AvgIpc) is 2.50. The van der Waals surface area contributed by atoms with Crippen molar-refractivity contribution in [3.05, 3.63) is 35.4 Å². The van der Waals surface area contributed by atoms with E-state index >= 15 is 0 Å². The van der Waals surface area contributed by atoms with Crippen LogP contribution >= 0.6 is 0 Å². The second kappa shape index (κ2) is 8.53. The number of benzene rings is 1. The fraction of sp³-hybridized carbons (Fsp3) is 0.625. The minimum absolute atomic E-state index is 0.355. The van der Waals surface area contributed by atoms with Gasteiger partial charge in [-0.3, -0.25) is 0 Å². The van der Waals surface area contributed by atoms with E-state index in [2.05, 4.69) is 10.2 Å². The van der Waals surface area contributed by atoms with Crippen LogP contribution in [-0.4, -0.2) is 55.5 Å². The fourth-order valence-electron chi connectivity index (χ4n) is 2.77. The van der Waals surface area contributed by atoms with Gasteiger partial charge < -0.3 is 20.1 Å². The highest BCUT2D eigenvalue weighted by Gasteiger charge is 2.20. The van der Waals surface area contributed by atoms with Gasteiger partial charge in [0.1, 0.15) is 0 Å². The summed E-state index contributed by atoms with van der Waals surface area (Å²) in [7, 11) is 1.58. The maximum Gasteiger partial charge on any atom is 0.159 e. The van der Waals surface area contributed by atoms with E-state index in [-0.39, 0.29) is 0 Å². The molecule has 4 nitrogen and oxygen atoms in total. The molecule has 22 heavy (non-hydrogen) atoms. The SMILES string of the molecule is COCC(O)CN1CCC(NCc2ccc(F)c(F)c2)CC1. The normalized spacial score (nSPS) is 18.5. The Labute approximate surface area is 130 Å². The third kappa shape index (κ3) is 5.28. The highest BCUT2D eigenvalue weighted by Crippen LogP contribution is 2.13. The molecule has 124 valence electrons. The van der Waals surface area contributed by atoms with Crippen LogP contribution in [0.3, 0.4) is 0 Å². The van der Waals surface area contributed by atoms with Crippen molar-refractivity contribution in [2.75, 3.05) is 33.4 Å². The van der Waals surface area contributed by atoms with E-state index in [0.717, 1.165) is 37.6 Å². The lowest BCUT2D eigenvalue weighted by Gasteiger charge is -2.33. The van der Waals surface area contributed by atoms with E-state index in [1.54, 1.807) is 13.2 Å². The number of aliphatic hydroxyl groups excluding tert-OH is 1. The molecule has 0 bridgehead atoms. The van der Waals surface area contributed by atoms with Crippen LogP contribution in [0.2, 0.25) is 0 Å². The Bertz CT molecular complexity index is 465. The van der Waals surface area contributed by atoms with Crippen molar-refractivity contribution in [1.82, 2.24) is 10.2 Å². The summed E-state index contributed by atoms with van der Waals surface area (Å²) in [5.41, 5.74) is 0.747. The monoisotopic (exact) mass is 314 g/mol. The van der Waals surface area contributed by atoms with Crippen molar-refractivity contribution in [1.29, 1.82) is 0 Å². The van der Waals surface area contributed by atoms with Gasteiger partial charge in [0, 0.05) is 26.2 Å². The first kappa shape index (κ1) is 17.3. The van der Waals surface area contributed by atoms with E-state index in [1.165, 1.54) is 6.07 Å². The zero-order valence-corrected chi connectivity index (χ0v) is 12.9. The number of nitrogens with one attached hydrogen (secondary N) is 1. The van der Waals surface area contributed by atoms with Crippen LogP contribution in [0.25, 0.3) is 0 Å². The number of halogens is 2. The summed E-state index contributed by atoms with van der Waals surface area (Å²) in [6, 6.07) is 4.36. The third-order valence-corrected chi connectivity index (χ3v) is 3.99. The van der Waals surface area contributed by atoms with E-state index in [1.807, 2.05) is 0 Å². The van der Waals surface area contributed by atoms with Crippen LogP contribution in [0.1, 0.15) is 18.4 Å². The Morgan fingerprint density at radius 2 is 2.05 bits per heavy atom. The number of methoxy groups -OCH3 is 1. The zero-order chi connectivity index (χ0) is 15.9. The number of β-amino-alcohol motifs (C(OH)–C–C–N with tert-alkyl or cyclic N) is 1. The van der Waals surface area contributed by atoms with Gasteiger partial charge in [-0.15, -0.1) is 0 Å². The highest BCUT2D eigenvalue weighted by molar-refractivity contribution is 5.17. The molecule has 1 unspecified atom stereocenters. The molecule has 1 atom stereocenters. The van der Waals surface area contributed by atoms with E-state index in [9.17, 15) is 13.9 Å².